The van der Waals surface area contributed by atoms with Crippen molar-refractivity contribution in [2.45, 2.75) is 23.4 Å². The highest BCUT2D eigenvalue weighted by molar-refractivity contribution is 7.90. The van der Waals surface area contributed by atoms with Crippen LogP contribution in [0.15, 0.2) is 30.5 Å². The van der Waals surface area contributed by atoms with Gasteiger partial charge in [0.1, 0.15) is 10.9 Å². The van der Waals surface area contributed by atoms with Gasteiger partial charge in [0.05, 0.1) is 24.8 Å². The van der Waals surface area contributed by atoms with E-state index < -0.39 is 20.9 Å². The normalized spacial score (nSPS) is 29.3. The van der Waals surface area contributed by atoms with E-state index in [9.17, 15) is 18.0 Å². The van der Waals surface area contributed by atoms with Crippen molar-refractivity contribution in [3.8, 4) is 0 Å². The van der Waals surface area contributed by atoms with E-state index in [1.54, 1.807) is 19.0 Å². The Labute approximate surface area is 181 Å². The molecule has 0 radical (unpaired) electrons. The number of likely N-dealkylation sites (tertiary alicyclic amines) is 1. The van der Waals surface area contributed by atoms with Crippen LogP contribution in [0, 0.1) is 0 Å². The Kier molecular flexibility index (Phi) is 4.48. The highest BCUT2D eigenvalue weighted by atomic mass is 32.2. The molecule has 0 aliphatic carbocycles. The Balaban J connectivity index is 1.44. The lowest BCUT2D eigenvalue weighted by atomic mass is 9.99. The predicted octanol–water partition coefficient (Wildman–Crippen LogP) is 0.264. The molecule has 2 aromatic rings. The van der Waals surface area contributed by atoms with E-state index in [4.69, 9.17) is 4.74 Å². The molecule has 3 saturated heterocycles. The maximum absolute atomic E-state index is 13.5. The molecule has 3 fully saturated rings. The van der Waals surface area contributed by atoms with Crippen molar-refractivity contribution in [3.05, 3.63) is 36.0 Å². The van der Waals surface area contributed by atoms with Gasteiger partial charge in [0.2, 0.25) is 15.9 Å². The number of para-hydroxylation sites is 1. The van der Waals surface area contributed by atoms with Crippen LogP contribution in [-0.4, -0.2) is 96.1 Å². The predicted molar refractivity (Wildman–Crippen MR) is 114 cm³/mol. The quantitative estimate of drug-likeness (QED) is 0.675. The van der Waals surface area contributed by atoms with Crippen molar-refractivity contribution in [2.75, 3.05) is 40.3 Å². The minimum atomic E-state index is -3.68. The number of sulfonamides is 1. The molecule has 3 aliphatic rings. The Morgan fingerprint density at radius 2 is 1.97 bits per heavy atom. The van der Waals surface area contributed by atoms with Gasteiger partial charge in [-0.15, -0.1) is 0 Å². The van der Waals surface area contributed by atoms with E-state index in [1.807, 2.05) is 42.1 Å². The van der Waals surface area contributed by atoms with Crippen LogP contribution in [0.1, 0.15) is 16.8 Å². The van der Waals surface area contributed by atoms with Crippen molar-refractivity contribution in [3.63, 3.8) is 0 Å². The summed E-state index contributed by atoms with van der Waals surface area (Å²) in [6, 6.07) is 7.72. The maximum atomic E-state index is 13.5. The fraction of sp³-hybridized carbons (Fsp3) is 0.524. The van der Waals surface area contributed by atoms with Gasteiger partial charge in [-0.05, 0) is 12.5 Å². The van der Waals surface area contributed by atoms with Gasteiger partial charge in [-0.3, -0.25) is 9.59 Å². The number of fused-ring (bicyclic) bond motifs is 2. The summed E-state index contributed by atoms with van der Waals surface area (Å²) < 4.78 is 35.7. The highest BCUT2D eigenvalue weighted by Crippen LogP contribution is 2.46. The van der Waals surface area contributed by atoms with Gasteiger partial charge >= 0.3 is 0 Å². The first-order valence-corrected chi connectivity index (χ1v) is 11.8. The second-order valence-electron chi connectivity index (χ2n) is 8.99. The first kappa shape index (κ1) is 20.5. The molecule has 0 N–H and O–H groups in total. The summed E-state index contributed by atoms with van der Waals surface area (Å²) in [5.74, 6) is -0.402. The van der Waals surface area contributed by atoms with Crippen molar-refractivity contribution in [2.24, 2.45) is 7.05 Å². The third-order valence-corrected chi connectivity index (χ3v) is 9.06. The number of carbonyl (C=O) groups excluding carboxylic acids is 2. The zero-order valence-electron chi connectivity index (χ0n) is 17.8. The second kappa shape index (κ2) is 6.78. The molecule has 9 nitrogen and oxygen atoms in total. The van der Waals surface area contributed by atoms with Gasteiger partial charge in [-0.25, -0.2) is 8.42 Å². The Morgan fingerprint density at radius 1 is 1.23 bits per heavy atom. The summed E-state index contributed by atoms with van der Waals surface area (Å²) in [4.78, 5) is 28.8. The third kappa shape index (κ3) is 3.00. The minimum absolute atomic E-state index is 0.0927. The van der Waals surface area contributed by atoms with Crippen LogP contribution in [0.5, 0.6) is 0 Å². The summed E-state index contributed by atoms with van der Waals surface area (Å²) in [6.45, 7) is 0.447. The molecule has 3 atom stereocenters. The van der Waals surface area contributed by atoms with Crippen molar-refractivity contribution in [1.29, 1.82) is 0 Å². The lowest BCUT2D eigenvalue weighted by Crippen LogP contribution is -2.56. The van der Waals surface area contributed by atoms with Gasteiger partial charge in [-0.2, -0.15) is 4.31 Å². The number of nitrogens with zero attached hydrogens (tertiary/aromatic N) is 4. The third-order valence-electron chi connectivity index (χ3n) is 6.74. The van der Waals surface area contributed by atoms with Gasteiger partial charge in [-0.1, -0.05) is 18.2 Å². The van der Waals surface area contributed by atoms with Crippen LogP contribution in [0.4, 0.5) is 0 Å². The molecule has 2 amide bonds. The van der Waals surface area contributed by atoms with Crippen LogP contribution in [0.25, 0.3) is 10.9 Å². The van der Waals surface area contributed by atoms with Crippen LogP contribution in [0.2, 0.25) is 0 Å². The van der Waals surface area contributed by atoms with E-state index >= 15 is 0 Å². The summed E-state index contributed by atoms with van der Waals surface area (Å²) in [5.41, 5.74) is 0.581. The molecule has 4 heterocycles. The van der Waals surface area contributed by atoms with Gasteiger partial charge < -0.3 is 19.1 Å². The molecule has 1 aromatic carbocycles. The zero-order valence-corrected chi connectivity index (χ0v) is 18.6. The first-order chi connectivity index (χ1) is 14.6. The number of amides is 2. The highest BCUT2D eigenvalue weighted by Gasteiger charge is 2.65. The van der Waals surface area contributed by atoms with E-state index in [2.05, 4.69) is 0 Å². The average molecular weight is 447 g/mol. The van der Waals surface area contributed by atoms with E-state index in [-0.39, 0.29) is 37.6 Å². The molecular weight excluding hydrogens is 420 g/mol. The summed E-state index contributed by atoms with van der Waals surface area (Å²) in [5, 5.41) is 0.144. The van der Waals surface area contributed by atoms with Gasteiger partial charge in [0.15, 0.2) is 0 Å². The first-order valence-electron chi connectivity index (χ1n) is 10.3. The number of carbonyl (C=O) groups is 2. The van der Waals surface area contributed by atoms with E-state index in [0.717, 1.165) is 10.9 Å². The number of rotatable bonds is 3. The number of aromatic nitrogens is 1. The molecule has 1 spiro atoms. The largest absolute Gasteiger partial charge is 0.365 e. The molecule has 10 heteroatoms. The van der Waals surface area contributed by atoms with Crippen LogP contribution >= 0.6 is 0 Å². The Bertz CT molecular complexity index is 1190. The molecule has 1 aromatic heterocycles. The number of benzene rings is 1. The number of hydrogen-bond donors (Lipinski definition) is 0. The summed E-state index contributed by atoms with van der Waals surface area (Å²) in [7, 11) is 1.42. The zero-order chi connectivity index (χ0) is 22.1. The van der Waals surface area contributed by atoms with Gasteiger partial charge in [0, 0.05) is 51.3 Å². The smallest absolute Gasteiger partial charge is 0.256 e. The fourth-order valence-electron chi connectivity index (χ4n) is 5.22. The molecule has 31 heavy (non-hydrogen) atoms. The van der Waals surface area contributed by atoms with E-state index in [0.29, 0.717) is 18.5 Å². The SMILES string of the molecule is CN(C)C(=O)CN1C[C@@]23CN(C(=O)c4cn(C)c5ccccc45)C[C@@H](C[C@@H]2S1(=O)=O)O3. The number of ether oxygens (including phenoxy) is 1. The number of hydrogen-bond acceptors (Lipinski definition) is 5. The second-order valence-corrected chi connectivity index (χ2v) is 11.1. The van der Waals surface area contributed by atoms with Gasteiger partial charge in [0.25, 0.3) is 5.91 Å². The number of morpholine rings is 1. The minimum Gasteiger partial charge on any atom is -0.365 e. The monoisotopic (exact) mass is 446 g/mol. The Morgan fingerprint density at radius 3 is 2.71 bits per heavy atom. The molecular formula is C21H26N4O5S. The molecule has 0 saturated carbocycles. The summed E-state index contributed by atoms with van der Waals surface area (Å²) in [6.07, 6.45) is 1.85. The molecule has 166 valence electrons. The van der Waals surface area contributed by atoms with Crippen molar-refractivity contribution >= 4 is 32.7 Å². The topological polar surface area (TPSA) is 92.2 Å². The average Bonchev–Trinajstić information content (AvgIpc) is 3.26. The van der Waals surface area contributed by atoms with Crippen LogP contribution < -0.4 is 0 Å². The Hall–Kier alpha value is -2.43. The standard InChI is InChI=1S/C21H26N4O5S/c1-22(2)19(26)11-25-13-21-12-24(9-14(30-21)8-18(21)31(25,28)29)20(27)16-10-23(3)17-7-5-4-6-15(16)17/h4-7,10,14,18H,8-9,11-13H2,1-3H3/t14-,18+,21+/m1/s1. The van der Waals surface area contributed by atoms with Crippen LogP contribution in [0.3, 0.4) is 0 Å². The lowest BCUT2D eigenvalue weighted by molar-refractivity contribution is -0.130. The fourth-order valence-corrected chi connectivity index (χ4v) is 7.47. The molecule has 3 aliphatic heterocycles. The summed E-state index contributed by atoms with van der Waals surface area (Å²) >= 11 is 0. The van der Waals surface area contributed by atoms with Crippen molar-refractivity contribution in [1.82, 2.24) is 18.7 Å². The number of aryl methyl sites for hydroxylation is 1. The molecule has 2 bridgehead atoms. The van der Waals surface area contributed by atoms with Crippen LogP contribution in [-0.2, 0) is 26.6 Å². The molecule has 5 rings (SSSR count). The lowest BCUT2D eigenvalue weighted by Gasteiger charge is -2.39. The molecule has 0 unspecified atom stereocenters. The maximum Gasteiger partial charge on any atom is 0.256 e. The van der Waals surface area contributed by atoms with Crippen molar-refractivity contribution < 1.29 is 22.7 Å². The number of likely N-dealkylation sites (N-methyl/N-ethyl adjacent to an activating group) is 1. The van der Waals surface area contributed by atoms with E-state index in [1.165, 1.54) is 9.21 Å².